The molecule has 1 fully saturated rings. The Kier molecular flexibility index (Phi) is 4.34. The van der Waals surface area contributed by atoms with Crippen LogP contribution in [0.1, 0.15) is 50.9 Å². The first-order valence-electron chi connectivity index (χ1n) is 8.02. The Morgan fingerprint density at radius 1 is 1.33 bits per heavy atom. The molecule has 0 aliphatic carbocycles. The molecule has 4 nitrogen and oxygen atoms in total. The van der Waals surface area contributed by atoms with Crippen LogP contribution in [0, 0.1) is 0 Å². The third-order valence-corrected chi connectivity index (χ3v) is 4.36. The number of nitrogens with one attached hydrogen (secondary N) is 1. The van der Waals surface area contributed by atoms with Crippen molar-refractivity contribution in [2.75, 3.05) is 13.1 Å². The van der Waals surface area contributed by atoms with Gasteiger partial charge in [0, 0.05) is 0 Å². The number of para-hydroxylation sites is 1. The average molecular weight is 285 g/mol. The van der Waals surface area contributed by atoms with Gasteiger partial charge in [-0.15, -0.1) is 0 Å². The fourth-order valence-corrected chi connectivity index (χ4v) is 3.23. The average Bonchev–Trinajstić information content (AvgIpc) is 2.96. The minimum atomic E-state index is -0.0176. The molecule has 0 radical (unpaired) electrons. The minimum absolute atomic E-state index is 0.0176. The van der Waals surface area contributed by atoms with Crippen molar-refractivity contribution in [3.05, 3.63) is 40.4 Å². The Hall–Kier alpha value is -1.68. The lowest BCUT2D eigenvalue weighted by Crippen LogP contribution is -2.27. The number of hydrogen-bond donors (Lipinski definition) is 1. The summed E-state index contributed by atoms with van der Waals surface area (Å²) in [6.45, 7) is 4.45. The highest BCUT2D eigenvalue weighted by Gasteiger charge is 2.27. The number of aromatic amines is 1. The van der Waals surface area contributed by atoms with Gasteiger partial charge < -0.3 is 4.98 Å². The van der Waals surface area contributed by atoms with E-state index >= 15 is 0 Å². The van der Waals surface area contributed by atoms with Crippen molar-refractivity contribution in [2.45, 2.75) is 45.1 Å². The van der Waals surface area contributed by atoms with Crippen LogP contribution in [0.15, 0.2) is 29.1 Å². The molecule has 2 aromatic rings. The van der Waals surface area contributed by atoms with E-state index in [0.29, 0.717) is 5.39 Å². The molecule has 1 aromatic heterocycles. The molecule has 0 spiro atoms. The molecule has 4 heteroatoms. The van der Waals surface area contributed by atoms with Crippen LogP contribution < -0.4 is 5.56 Å². The zero-order chi connectivity index (χ0) is 14.7. The monoisotopic (exact) mass is 285 g/mol. The maximum atomic E-state index is 12.2. The molecule has 0 bridgehead atoms. The van der Waals surface area contributed by atoms with E-state index in [0.717, 1.165) is 30.9 Å². The van der Waals surface area contributed by atoms with Crippen LogP contribution in [0.2, 0.25) is 0 Å². The minimum Gasteiger partial charge on any atom is -0.309 e. The maximum absolute atomic E-state index is 12.2. The maximum Gasteiger partial charge on any atom is 0.258 e. The Balaban J connectivity index is 1.87. The fourth-order valence-electron chi connectivity index (χ4n) is 3.23. The van der Waals surface area contributed by atoms with Gasteiger partial charge in [0.15, 0.2) is 0 Å². The van der Waals surface area contributed by atoms with E-state index in [1.54, 1.807) is 0 Å². The summed E-state index contributed by atoms with van der Waals surface area (Å²) in [5.41, 5.74) is 0.785. The van der Waals surface area contributed by atoms with E-state index in [1.165, 1.54) is 25.7 Å². The molecule has 1 saturated heterocycles. The molecular weight excluding hydrogens is 262 g/mol. The van der Waals surface area contributed by atoms with Crippen molar-refractivity contribution in [2.24, 2.45) is 0 Å². The van der Waals surface area contributed by atoms with Gasteiger partial charge in [-0.3, -0.25) is 9.69 Å². The molecule has 1 aliphatic heterocycles. The molecule has 1 aromatic carbocycles. The SMILES string of the molecule is CCCCCN1CCCC1c1nc2ccccc2c(=O)[nH]1. The van der Waals surface area contributed by atoms with Crippen LogP contribution in [0.4, 0.5) is 0 Å². The summed E-state index contributed by atoms with van der Waals surface area (Å²) in [4.78, 5) is 22.4. The van der Waals surface area contributed by atoms with E-state index in [1.807, 2.05) is 24.3 Å². The van der Waals surface area contributed by atoms with E-state index in [2.05, 4.69) is 16.8 Å². The standard InChI is InChI=1S/C17H23N3O/c1-2-3-6-11-20-12-7-10-15(20)16-18-14-9-5-4-8-13(14)17(21)19-16/h4-5,8-9,15H,2-3,6-7,10-12H2,1H3,(H,18,19,21). The van der Waals surface area contributed by atoms with Gasteiger partial charge in [-0.05, 0) is 44.5 Å². The van der Waals surface area contributed by atoms with Gasteiger partial charge in [0.25, 0.3) is 5.56 Å². The van der Waals surface area contributed by atoms with E-state index in [4.69, 9.17) is 4.98 Å². The summed E-state index contributed by atoms with van der Waals surface area (Å²) >= 11 is 0. The zero-order valence-electron chi connectivity index (χ0n) is 12.6. The Bertz CT molecular complexity index is 664. The van der Waals surface area contributed by atoms with Crippen molar-refractivity contribution in [1.29, 1.82) is 0 Å². The normalized spacial score (nSPS) is 19.4. The number of hydrogen-bond acceptors (Lipinski definition) is 3. The molecule has 1 N–H and O–H groups in total. The second-order valence-electron chi connectivity index (χ2n) is 5.87. The number of unbranched alkanes of at least 4 members (excludes halogenated alkanes) is 2. The summed E-state index contributed by atoms with van der Waals surface area (Å²) < 4.78 is 0. The number of rotatable bonds is 5. The first-order valence-corrected chi connectivity index (χ1v) is 8.02. The first kappa shape index (κ1) is 14.3. The van der Waals surface area contributed by atoms with Gasteiger partial charge in [-0.25, -0.2) is 4.98 Å². The quantitative estimate of drug-likeness (QED) is 0.858. The zero-order valence-corrected chi connectivity index (χ0v) is 12.6. The van der Waals surface area contributed by atoms with Crippen molar-refractivity contribution >= 4 is 10.9 Å². The van der Waals surface area contributed by atoms with Gasteiger partial charge in [0.05, 0.1) is 16.9 Å². The van der Waals surface area contributed by atoms with E-state index < -0.39 is 0 Å². The van der Waals surface area contributed by atoms with Crippen molar-refractivity contribution in [1.82, 2.24) is 14.9 Å². The van der Waals surface area contributed by atoms with Gasteiger partial charge >= 0.3 is 0 Å². The Morgan fingerprint density at radius 3 is 3.05 bits per heavy atom. The van der Waals surface area contributed by atoms with E-state index in [9.17, 15) is 4.79 Å². The smallest absolute Gasteiger partial charge is 0.258 e. The summed E-state index contributed by atoms with van der Waals surface area (Å²) in [7, 11) is 0. The number of likely N-dealkylation sites (tertiary alicyclic amines) is 1. The van der Waals surface area contributed by atoms with E-state index in [-0.39, 0.29) is 11.6 Å². The molecule has 1 unspecified atom stereocenters. The molecule has 2 heterocycles. The van der Waals surface area contributed by atoms with Crippen molar-refractivity contribution < 1.29 is 0 Å². The molecule has 1 atom stereocenters. The molecular formula is C17H23N3O. The van der Waals surface area contributed by atoms with Crippen LogP contribution in [-0.4, -0.2) is 28.0 Å². The molecule has 0 amide bonds. The van der Waals surface area contributed by atoms with Gasteiger partial charge in [0.1, 0.15) is 5.82 Å². The van der Waals surface area contributed by atoms with Crippen LogP contribution in [0.5, 0.6) is 0 Å². The largest absolute Gasteiger partial charge is 0.309 e. The molecule has 112 valence electrons. The number of H-pyrrole nitrogens is 1. The highest BCUT2D eigenvalue weighted by molar-refractivity contribution is 5.77. The van der Waals surface area contributed by atoms with Crippen LogP contribution in [-0.2, 0) is 0 Å². The van der Waals surface area contributed by atoms with Crippen LogP contribution >= 0.6 is 0 Å². The summed E-state index contributed by atoms with van der Waals surface area (Å²) in [5.74, 6) is 0.840. The molecule has 0 saturated carbocycles. The summed E-state index contributed by atoms with van der Waals surface area (Å²) in [5, 5.41) is 0.678. The topological polar surface area (TPSA) is 49.0 Å². The number of benzene rings is 1. The van der Waals surface area contributed by atoms with Gasteiger partial charge in [-0.2, -0.15) is 0 Å². The number of nitrogens with zero attached hydrogens (tertiary/aromatic N) is 2. The number of fused-ring (bicyclic) bond motifs is 1. The lowest BCUT2D eigenvalue weighted by molar-refractivity contribution is 0.243. The Labute approximate surface area is 125 Å². The molecule has 3 rings (SSSR count). The third kappa shape index (κ3) is 3.00. The second kappa shape index (κ2) is 6.39. The van der Waals surface area contributed by atoms with Crippen molar-refractivity contribution in [3.63, 3.8) is 0 Å². The highest BCUT2D eigenvalue weighted by atomic mass is 16.1. The number of aromatic nitrogens is 2. The van der Waals surface area contributed by atoms with Gasteiger partial charge in [-0.1, -0.05) is 31.9 Å². The van der Waals surface area contributed by atoms with Crippen LogP contribution in [0.3, 0.4) is 0 Å². The van der Waals surface area contributed by atoms with Crippen molar-refractivity contribution in [3.8, 4) is 0 Å². The lowest BCUT2D eigenvalue weighted by Gasteiger charge is -2.23. The predicted octanol–water partition coefficient (Wildman–Crippen LogP) is 3.25. The highest BCUT2D eigenvalue weighted by Crippen LogP contribution is 2.30. The predicted molar refractivity (Wildman–Crippen MR) is 85.4 cm³/mol. The lowest BCUT2D eigenvalue weighted by atomic mass is 10.1. The molecule has 1 aliphatic rings. The fraction of sp³-hybridized carbons (Fsp3) is 0.529. The Morgan fingerprint density at radius 2 is 2.19 bits per heavy atom. The second-order valence-corrected chi connectivity index (χ2v) is 5.87. The van der Waals surface area contributed by atoms with Crippen LogP contribution in [0.25, 0.3) is 10.9 Å². The summed E-state index contributed by atoms with van der Waals surface area (Å²) in [6, 6.07) is 7.85. The third-order valence-electron chi connectivity index (χ3n) is 4.36. The first-order chi connectivity index (χ1) is 10.3. The van der Waals surface area contributed by atoms with Gasteiger partial charge in [0.2, 0.25) is 0 Å². The molecule has 21 heavy (non-hydrogen) atoms. The summed E-state index contributed by atoms with van der Waals surface area (Å²) in [6.07, 6.45) is 6.01.